The van der Waals surface area contributed by atoms with Crippen LogP contribution < -0.4 is 9.64 Å². The second kappa shape index (κ2) is 6.06. The number of nitrogens with zero attached hydrogens (tertiary/aromatic N) is 1. The Kier molecular flexibility index (Phi) is 4.18. The van der Waals surface area contributed by atoms with E-state index in [0.717, 1.165) is 41.4 Å². The molecule has 104 valence electrons. The predicted molar refractivity (Wildman–Crippen MR) is 87.6 cm³/mol. The zero-order valence-corrected chi connectivity index (χ0v) is 13.3. The summed E-state index contributed by atoms with van der Waals surface area (Å²) >= 11 is 9.65. The summed E-state index contributed by atoms with van der Waals surface area (Å²) < 4.78 is 5.82. The number of halogens is 2. The van der Waals surface area contributed by atoms with Gasteiger partial charge in [-0.15, -0.1) is 0 Å². The first-order chi connectivity index (χ1) is 9.79. The van der Waals surface area contributed by atoms with Gasteiger partial charge in [0.1, 0.15) is 5.75 Å². The third-order valence-electron chi connectivity index (χ3n) is 3.42. The van der Waals surface area contributed by atoms with E-state index < -0.39 is 0 Å². The number of ether oxygens (including phenoxy) is 1. The van der Waals surface area contributed by atoms with E-state index >= 15 is 0 Å². The second-order valence-electron chi connectivity index (χ2n) is 4.73. The van der Waals surface area contributed by atoms with Gasteiger partial charge < -0.3 is 9.64 Å². The van der Waals surface area contributed by atoms with Gasteiger partial charge in [-0.05, 0) is 42.3 Å². The summed E-state index contributed by atoms with van der Waals surface area (Å²) in [5, 5.41) is 1.55. The molecular weight excluding hydrogens is 338 g/mol. The first-order valence-electron chi connectivity index (χ1n) is 6.63. The van der Waals surface area contributed by atoms with Gasteiger partial charge in [0.15, 0.2) is 0 Å². The number of hydrogen-bond acceptors (Lipinski definition) is 2. The summed E-state index contributed by atoms with van der Waals surface area (Å²) in [5.41, 5.74) is 3.49. The van der Waals surface area contributed by atoms with Crippen LogP contribution in [0.5, 0.6) is 5.75 Å². The minimum atomic E-state index is 0.755. The van der Waals surface area contributed by atoms with Gasteiger partial charge in [-0.25, -0.2) is 0 Å². The van der Waals surface area contributed by atoms with Crippen molar-refractivity contribution in [3.05, 3.63) is 53.1 Å². The molecule has 3 rings (SSSR count). The van der Waals surface area contributed by atoms with Crippen molar-refractivity contribution in [3.8, 4) is 5.75 Å². The average molecular weight is 353 g/mol. The lowest BCUT2D eigenvalue weighted by molar-refractivity contribution is 0.322. The second-order valence-corrected chi connectivity index (χ2v) is 5.73. The number of hydrogen-bond donors (Lipinski definition) is 0. The molecule has 0 aromatic heterocycles. The molecule has 1 heterocycles. The minimum absolute atomic E-state index is 0.755. The van der Waals surface area contributed by atoms with Crippen LogP contribution >= 0.6 is 27.5 Å². The van der Waals surface area contributed by atoms with Crippen molar-refractivity contribution < 1.29 is 4.74 Å². The van der Waals surface area contributed by atoms with Gasteiger partial charge in [-0.3, -0.25) is 0 Å². The van der Waals surface area contributed by atoms with Crippen molar-refractivity contribution in [2.75, 3.05) is 18.1 Å². The Morgan fingerprint density at radius 2 is 2.00 bits per heavy atom. The molecule has 0 N–H and O–H groups in total. The SMILES string of the molecule is Clc1ccc(N2CCCOc3ccccc32)c(CBr)c1. The van der Waals surface area contributed by atoms with E-state index in [1.807, 2.05) is 30.3 Å². The van der Waals surface area contributed by atoms with Crippen LogP contribution in [0.4, 0.5) is 11.4 Å². The Labute approximate surface area is 132 Å². The van der Waals surface area contributed by atoms with Crippen molar-refractivity contribution in [2.24, 2.45) is 0 Å². The fourth-order valence-corrected chi connectivity index (χ4v) is 3.15. The van der Waals surface area contributed by atoms with E-state index in [-0.39, 0.29) is 0 Å². The van der Waals surface area contributed by atoms with Gasteiger partial charge in [0, 0.05) is 22.6 Å². The quantitative estimate of drug-likeness (QED) is 0.693. The van der Waals surface area contributed by atoms with Crippen LogP contribution in [-0.4, -0.2) is 13.2 Å². The monoisotopic (exact) mass is 351 g/mol. The molecule has 0 aliphatic carbocycles. The molecule has 0 amide bonds. The highest BCUT2D eigenvalue weighted by atomic mass is 79.9. The lowest BCUT2D eigenvalue weighted by Crippen LogP contribution is -2.18. The van der Waals surface area contributed by atoms with E-state index in [1.54, 1.807) is 0 Å². The molecule has 2 aromatic rings. The van der Waals surface area contributed by atoms with Gasteiger partial charge in [0.2, 0.25) is 0 Å². The van der Waals surface area contributed by atoms with Crippen LogP contribution in [0, 0.1) is 0 Å². The Morgan fingerprint density at radius 3 is 2.85 bits per heavy atom. The molecular formula is C16H15BrClNO. The number of fused-ring (bicyclic) bond motifs is 1. The van der Waals surface area contributed by atoms with Crippen molar-refractivity contribution in [3.63, 3.8) is 0 Å². The molecule has 0 fully saturated rings. The van der Waals surface area contributed by atoms with Gasteiger partial charge >= 0.3 is 0 Å². The smallest absolute Gasteiger partial charge is 0.142 e. The molecule has 1 aliphatic heterocycles. The molecule has 0 radical (unpaired) electrons. The average Bonchev–Trinajstić information content (AvgIpc) is 2.69. The highest BCUT2D eigenvalue weighted by Crippen LogP contribution is 2.38. The standard InChI is InChI=1S/C16H15BrClNO/c17-11-12-10-13(18)6-7-14(12)19-8-3-9-20-16-5-2-1-4-15(16)19/h1-2,4-7,10H,3,8-9,11H2. The first-order valence-corrected chi connectivity index (χ1v) is 8.13. The van der Waals surface area contributed by atoms with Crippen LogP contribution in [0.15, 0.2) is 42.5 Å². The zero-order valence-electron chi connectivity index (χ0n) is 11.0. The van der Waals surface area contributed by atoms with Gasteiger partial charge in [-0.2, -0.15) is 0 Å². The summed E-state index contributed by atoms with van der Waals surface area (Å²) in [5.74, 6) is 0.945. The van der Waals surface area contributed by atoms with E-state index in [1.165, 1.54) is 11.3 Å². The molecule has 20 heavy (non-hydrogen) atoms. The molecule has 2 aromatic carbocycles. The largest absolute Gasteiger partial charge is 0.491 e. The summed E-state index contributed by atoms with van der Waals surface area (Å²) in [6, 6.07) is 14.2. The fourth-order valence-electron chi connectivity index (χ4n) is 2.50. The van der Waals surface area contributed by atoms with E-state index in [4.69, 9.17) is 16.3 Å². The third-order valence-corrected chi connectivity index (χ3v) is 4.26. The predicted octanol–water partition coefficient (Wildman–Crippen LogP) is 5.16. The molecule has 1 aliphatic rings. The lowest BCUT2D eigenvalue weighted by atomic mass is 10.1. The highest BCUT2D eigenvalue weighted by Gasteiger charge is 2.19. The molecule has 0 spiro atoms. The van der Waals surface area contributed by atoms with Gasteiger partial charge in [-0.1, -0.05) is 39.7 Å². The van der Waals surface area contributed by atoms with E-state index in [0.29, 0.717) is 0 Å². The van der Waals surface area contributed by atoms with Gasteiger partial charge in [0.05, 0.1) is 12.3 Å². The molecule has 0 unspecified atom stereocenters. The third kappa shape index (κ3) is 2.65. The van der Waals surface area contributed by atoms with E-state index in [9.17, 15) is 0 Å². The number of rotatable bonds is 2. The summed E-state index contributed by atoms with van der Waals surface area (Å²) in [4.78, 5) is 2.31. The molecule has 0 saturated heterocycles. The molecule has 4 heteroatoms. The Balaban J connectivity index is 2.10. The normalized spacial score (nSPS) is 14.4. The van der Waals surface area contributed by atoms with Gasteiger partial charge in [0.25, 0.3) is 0 Å². The van der Waals surface area contributed by atoms with Crippen LogP contribution in [0.1, 0.15) is 12.0 Å². The maximum Gasteiger partial charge on any atom is 0.142 e. The maximum atomic E-state index is 6.10. The fraction of sp³-hybridized carbons (Fsp3) is 0.250. The summed E-state index contributed by atoms with van der Waals surface area (Å²) in [6.45, 7) is 1.70. The Morgan fingerprint density at radius 1 is 1.15 bits per heavy atom. The minimum Gasteiger partial charge on any atom is -0.491 e. The summed E-state index contributed by atoms with van der Waals surface area (Å²) in [7, 11) is 0. The molecule has 0 atom stereocenters. The molecule has 2 nitrogen and oxygen atoms in total. The maximum absolute atomic E-state index is 6.10. The van der Waals surface area contributed by atoms with Crippen LogP contribution in [-0.2, 0) is 5.33 Å². The number of alkyl halides is 1. The van der Waals surface area contributed by atoms with Crippen LogP contribution in [0.3, 0.4) is 0 Å². The topological polar surface area (TPSA) is 12.5 Å². The van der Waals surface area contributed by atoms with Crippen molar-refractivity contribution in [1.82, 2.24) is 0 Å². The number of benzene rings is 2. The van der Waals surface area contributed by atoms with Crippen LogP contribution in [0.25, 0.3) is 0 Å². The highest BCUT2D eigenvalue weighted by molar-refractivity contribution is 9.08. The summed E-state index contributed by atoms with van der Waals surface area (Å²) in [6.07, 6.45) is 0.999. The van der Waals surface area contributed by atoms with Crippen molar-refractivity contribution >= 4 is 38.9 Å². The van der Waals surface area contributed by atoms with E-state index in [2.05, 4.69) is 33.0 Å². The van der Waals surface area contributed by atoms with Crippen molar-refractivity contribution in [1.29, 1.82) is 0 Å². The molecule has 0 saturated carbocycles. The van der Waals surface area contributed by atoms with Crippen molar-refractivity contribution in [2.45, 2.75) is 11.8 Å². The number of anilines is 2. The Hall–Kier alpha value is -1.19. The molecule has 0 bridgehead atoms. The zero-order chi connectivity index (χ0) is 13.9. The lowest BCUT2D eigenvalue weighted by Gasteiger charge is -2.26. The number of para-hydroxylation sites is 2. The van der Waals surface area contributed by atoms with Crippen LogP contribution in [0.2, 0.25) is 5.02 Å². The first kappa shape index (κ1) is 13.8. The Bertz CT molecular complexity index is 617.